The zero-order valence-electron chi connectivity index (χ0n) is 12.7. The van der Waals surface area contributed by atoms with Crippen molar-refractivity contribution < 1.29 is 4.92 Å². The SMILES string of the molecule is CC1CCN(c2nn(-c3cccc([N+](=O)[O-])c3)nc2C#N)CC1. The second kappa shape index (κ2) is 6.04. The summed E-state index contributed by atoms with van der Waals surface area (Å²) in [5.74, 6) is 1.22. The molecule has 2 heterocycles. The summed E-state index contributed by atoms with van der Waals surface area (Å²) in [5, 5.41) is 28.7. The molecule has 0 amide bonds. The van der Waals surface area contributed by atoms with Gasteiger partial charge in [-0.15, -0.1) is 15.0 Å². The second-order valence-electron chi connectivity index (χ2n) is 5.72. The molecule has 118 valence electrons. The lowest BCUT2D eigenvalue weighted by Crippen LogP contribution is -2.33. The normalized spacial score (nSPS) is 15.4. The number of hydrogen-bond acceptors (Lipinski definition) is 6. The minimum absolute atomic E-state index is 0.0355. The van der Waals surface area contributed by atoms with Crippen molar-refractivity contribution >= 4 is 11.5 Å². The van der Waals surface area contributed by atoms with E-state index in [1.807, 2.05) is 0 Å². The van der Waals surface area contributed by atoms with Gasteiger partial charge in [-0.25, -0.2) is 0 Å². The Kier molecular flexibility index (Phi) is 3.93. The summed E-state index contributed by atoms with van der Waals surface area (Å²) in [5.41, 5.74) is 0.671. The molecule has 0 aliphatic carbocycles. The summed E-state index contributed by atoms with van der Waals surface area (Å²) in [6.07, 6.45) is 2.10. The molecular weight excluding hydrogens is 296 g/mol. The first kappa shape index (κ1) is 15.0. The Hall–Kier alpha value is -2.95. The molecule has 1 aliphatic rings. The highest BCUT2D eigenvalue weighted by atomic mass is 16.6. The molecule has 8 heteroatoms. The Morgan fingerprint density at radius 3 is 2.74 bits per heavy atom. The minimum atomic E-state index is -0.467. The molecule has 0 saturated carbocycles. The molecule has 0 N–H and O–H groups in total. The van der Waals surface area contributed by atoms with E-state index in [0.717, 1.165) is 25.9 Å². The number of nitro benzene ring substituents is 1. The molecule has 1 fully saturated rings. The number of nitriles is 1. The maximum Gasteiger partial charge on any atom is 0.271 e. The third kappa shape index (κ3) is 2.99. The number of nitro groups is 1. The van der Waals surface area contributed by atoms with Crippen molar-refractivity contribution in [2.24, 2.45) is 5.92 Å². The number of hydrogen-bond donors (Lipinski definition) is 0. The van der Waals surface area contributed by atoms with Crippen LogP contribution in [0.4, 0.5) is 11.5 Å². The average Bonchev–Trinajstić information content (AvgIpc) is 3.00. The lowest BCUT2D eigenvalue weighted by atomic mass is 9.99. The first-order valence-corrected chi connectivity index (χ1v) is 7.45. The van der Waals surface area contributed by atoms with Gasteiger partial charge in [0.25, 0.3) is 5.69 Å². The number of rotatable bonds is 3. The third-order valence-electron chi connectivity index (χ3n) is 4.06. The number of piperidine rings is 1. The van der Waals surface area contributed by atoms with E-state index in [1.54, 1.807) is 12.1 Å². The van der Waals surface area contributed by atoms with Crippen LogP contribution >= 0.6 is 0 Å². The van der Waals surface area contributed by atoms with Gasteiger partial charge in [0.05, 0.1) is 10.6 Å². The molecule has 0 bridgehead atoms. The fourth-order valence-corrected chi connectivity index (χ4v) is 2.65. The Balaban J connectivity index is 1.95. The van der Waals surface area contributed by atoms with E-state index >= 15 is 0 Å². The Morgan fingerprint density at radius 1 is 1.35 bits per heavy atom. The van der Waals surface area contributed by atoms with Crippen LogP contribution in [0.15, 0.2) is 24.3 Å². The van der Waals surface area contributed by atoms with E-state index in [0.29, 0.717) is 17.4 Å². The highest BCUT2D eigenvalue weighted by molar-refractivity contribution is 5.51. The Labute approximate surface area is 133 Å². The number of aromatic nitrogens is 3. The summed E-state index contributed by atoms with van der Waals surface area (Å²) in [4.78, 5) is 13.8. The summed E-state index contributed by atoms with van der Waals surface area (Å²) in [6, 6.07) is 8.11. The first-order valence-electron chi connectivity index (χ1n) is 7.45. The van der Waals surface area contributed by atoms with E-state index < -0.39 is 4.92 Å². The van der Waals surface area contributed by atoms with Crippen LogP contribution in [0, 0.1) is 27.4 Å². The van der Waals surface area contributed by atoms with Crippen molar-refractivity contribution in [3.63, 3.8) is 0 Å². The Morgan fingerprint density at radius 2 is 2.09 bits per heavy atom. The molecule has 0 spiro atoms. The number of non-ortho nitro benzene ring substituents is 1. The van der Waals surface area contributed by atoms with Crippen LogP contribution in [0.5, 0.6) is 0 Å². The molecule has 8 nitrogen and oxygen atoms in total. The third-order valence-corrected chi connectivity index (χ3v) is 4.06. The molecule has 1 saturated heterocycles. The topological polar surface area (TPSA) is 101 Å². The summed E-state index contributed by atoms with van der Waals surface area (Å²) >= 11 is 0. The van der Waals surface area contributed by atoms with E-state index in [4.69, 9.17) is 0 Å². The molecule has 2 aromatic rings. The van der Waals surface area contributed by atoms with E-state index in [2.05, 4.69) is 28.1 Å². The van der Waals surface area contributed by atoms with Gasteiger partial charge < -0.3 is 4.90 Å². The predicted molar refractivity (Wildman–Crippen MR) is 83.3 cm³/mol. The van der Waals surface area contributed by atoms with E-state index in [-0.39, 0.29) is 11.4 Å². The lowest BCUT2D eigenvalue weighted by molar-refractivity contribution is -0.384. The van der Waals surface area contributed by atoms with Crippen molar-refractivity contribution in [1.29, 1.82) is 5.26 Å². The van der Waals surface area contributed by atoms with E-state index in [9.17, 15) is 15.4 Å². The van der Waals surface area contributed by atoms with Crippen molar-refractivity contribution in [2.45, 2.75) is 19.8 Å². The number of benzene rings is 1. The Bertz CT molecular complexity index is 771. The average molecular weight is 312 g/mol. The quantitative estimate of drug-likeness (QED) is 0.636. The highest BCUT2D eigenvalue weighted by Gasteiger charge is 2.23. The van der Waals surface area contributed by atoms with Gasteiger partial charge in [0.2, 0.25) is 5.69 Å². The van der Waals surface area contributed by atoms with Crippen LogP contribution in [-0.4, -0.2) is 33.0 Å². The van der Waals surface area contributed by atoms with Crippen LogP contribution in [0.1, 0.15) is 25.5 Å². The fourth-order valence-electron chi connectivity index (χ4n) is 2.65. The lowest BCUT2D eigenvalue weighted by Gasteiger charge is -2.30. The minimum Gasteiger partial charge on any atom is -0.353 e. The molecule has 0 radical (unpaired) electrons. The van der Waals surface area contributed by atoms with Crippen molar-refractivity contribution in [2.75, 3.05) is 18.0 Å². The van der Waals surface area contributed by atoms with Gasteiger partial charge in [-0.3, -0.25) is 10.1 Å². The molecule has 3 rings (SSSR count). The van der Waals surface area contributed by atoms with E-state index in [1.165, 1.54) is 16.9 Å². The zero-order chi connectivity index (χ0) is 16.4. The molecule has 1 aliphatic heterocycles. The van der Waals surface area contributed by atoms with Gasteiger partial charge in [-0.05, 0) is 24.8 Å². The molecule has 0 unspecified atom stereocenters. The number of nitrogens with zero attached hydrogens (tertiary/aromatic N) is 6. The summed E-state index contributed by atoms with van der Waals surface area (Å²) in [6.45, 7) is 3.88. The molecule has 1 aromatic heterocycles. The second-order valence-corrected chi connectivity index (χ2v) is 5.72. The fraction of sp³-hybridized carbons (Fsp3) is 0.400. The van der Waals surface area contributed by atoms with Crippen LogP contribution in [0.25, 0.3) is 5.69 Å². The van der Waals surface area contributed by atoms with Crippen LogP contribution in [0.2, 0.25) is 0 Å². The van der Waals surface area contributed by atoms with Crippen LogP contribution in [-0.2, 0) is 0 Å². The molecular formula is C15H16N6O2. The van der Waals surface area contributed by atoms with Gasteiger partial charge in [-0.1, -0.05) is 13.0 Å². The molecule has 23 heavy (non-hydrogen) atoms. The van der Waals surface area contributed by atoms with Crippen molar-refractivity contribution in [1.82, 2.24) is 15.0 Å². The van der Waals surface area contributed by atoms with Crippen LogP contribution in [0.3, 0.4) is 0 Å². The maximum absolute atomic E-state index is 10.9. The maximum atomic E-state index is 10.9. The van der Waals surface area contributed by atoms with Gasteiger partial charge >= 0.3 is 0 Å². The van der Waals surface area contributed by atoms with Crippen LogP contribution < -0.4 is 4.90 Å². The monoisotopic (exact) mass is 312 g/mol. The standard InChI is InChI=1S/C15H16N6O2/c1-11-5-7-19(8-6-11)15-14(10-16)17-20(18-15)12-3-2-4-13(9-12)21(22)23/h2-4,9,11H,5-8H2,1H3. The summed E-state index contributed by atoms with van der Waals surface area (Å²) in [7, 11) is 0. The van der Waals surface area contributed by atoms with Crippen molar-refractivity contribution in [3.8, 4) is 11.8 Å². The highest BCUT2D eigenvalue weighted by Crippen LogP contribution is 2.24. The largest absolute Gasteiger partial charge is 0.353 e. The van der Waals surface area contributed by atoms with Crippen molar-refractivity contribution in [3.05, 3.63) is 40.1 Å². The molecule has 0 atom stereocenters. The predicted octanol–water partition coefficient (Wildman–Crippen LogP) is 2.28. The van der Waals surface area contributed by atoms with Gasteiger partial charge in [0.1, 0.15) is 6.07 Å². The zero-order valence-corrected chi connectivity index (χ0v) is 12.7. The van der Waals surface area contributed by atoms with Gasteiger partial charge in [-0.2, -0.15) is 5.26 Å². The van der Waals surface area contributed by atoms with Gasteiger partial charge in [0.15, 0.2) is 5.82 Å². The smallest absolute Gasteiger partial charge is 0.271 e. The molecule has 1 aromatic carbocycles. The number of anilines is 1. The first-order chi connectivity index (χ1) is 11.1. The van der Waals surface area contributed by atoms with Gasteiger partial charge in [0, 0.05) is 25.2 Å². The summed E-state index contributed by atoms with van der Waals surface area (Å²) < 4.78 is 0.